The number of aromatic nitrogens is 3. The van der Waals surface area contributed by atoms with Crippen molar-refractivity contribution in [2.45, 2.75) is 18.7 Å². The molecule has 112 valence electrons. The lowest BCUT2D eigenvalue weighted by molar-refractivity contribution is 0.101. The molecule has 0 spiro atoms. The number of H-pyrrole nitrogens is 1. The summed E-state index contributed by atoms with van der Waals surface area (Å²) in [7, 11) is -3.81. The van der Waals surface area contributed by atoms with Gasteiger partial charge in [-0.05, 0) is 26.0 Å². The van der Waals surface area contributed by atoms with Crippen molar-refractivity contribution in [3.8, 4) is 6.01 Å². The number of ether oxygens (including phenoxy) is 1. The van der Waals surface area contributed by atoms with Crippen LogP contribution in [0, 0.1) is 0 Å². The fraction of sp³-hybridized carbons (Fsp3) is 0.250. The first-order valence-corrected chi connectivity index (χ1v) is 7.59. The molecule has 0 bridgehead atoms. The van der Waals surface area contributed by atoms with E-state index >= 15 is 0 Å². The Balaban J connectivity index is 2.18. The standard InChI is InChI=1S/C12H14N4O4S/c1-3-20-12-13-11(14-15-12)16-21(18,19)10-6-4-9(5-7-10)8(2)17/h4-7H,3H2,1-2H3,(H2,13,14,15,16). The minimum atomic E-state index is -3.81. The van der Waals surface area contributed by atoms with E-state index in [0.717, 1.165) is 0 Å². The van der Waals surface area contributed by atoms with Crippen LogP contribution in [0.25, 0.3) is 0 Å². The Morgan fingerprint density at radius 3 is 2.57 bits per heavy atom. The van der Waals surface area contributed by atoms with Gasteiger partial charge in [0.25, 0.3) is 10.0 Å². The van der Waals surface area contributed by atoms with E-state index in [1.54, 1.807) is 6.92 Å². The van der Waals surface area contributed by atoms with Crippen molar-refractivity contribution < 1.29 is 17.9 Å². The third kappa shape index (κ3) is 3.57. The fourth-order valence-corrected chi connectivity index (χ4v) is 2.50. The van der Waals surface area contributed by atoms with Crippen molar-refractivity contribution >= 4 is 21.8 Å². The van der Waals surface area contributed by atoms with Gasteiger partial charge in [-0.3, -0.25) is 4.79 Å². The van der Waals surface area contributed by atoms with Crippen molar-refractivity contribution in [2.75, 3.05) is 11.3 Å². The maximum atomic E-state index is 12.1. The predicted octanol–water partition coefficient (Wildman–Crippen LogP) is 1.21. The number of ketones is 1. The van der Waals surface area contributed by atoms with Crippen molar-refractivity contribution in [3.63, 3.8) is 0 Å². The third-order valence-electron chi connectivity index (χ3n) is 2.54. The molecule has 0 saturated carbocycles. The van der Waals surface area contributed by atoms with E-state index in [9.17, 15) is 13.2 Å². The summed E-state index contributed by atoms with van der Waals surface area (Å²) < 4.78 is 31.5. The molecule has 21 heavy (non-hydrogen) atoms. The first-order chi connectivity index (χ1) is 9.92. The molecule has 0 aliphatic rings. The van der Waals surface area contributed by atoms with E-state index in [2.05, 4.69) is 19.9 Å². The van der Waals surface area contributed by atoms with Crippen LogP contribution in [0.3, 0.4) is 0 Å². The van der Waals surface area contributed by atoms with Crippen LogP contribution < -0.4 is 9.46 Å². The number of hydrogen-bond acceptors (Lipinski definition) is 6. The third-order valence-corrected chi connectivity index (χ3v) is 3.90. The molecule has 2 N–H and O–H groups in total. The summed E-state index contributed by atoms with van der Waals surface area (Å²) in [5, 5.41) is 6.11. The van der Waals surface area contributed by atoms with E-state index in [4.69, 9.17) is 4.74 Å². The molecular formula is C12H14N4O4S. The Kier molecular flexibility index (Phi) is 4.22. The summed E-state index contributed by atoms with van der Waals surface area (Å²) in [5.74, 6) is -0.183. The maximum Gasteiger partial charge on any atom is 0.337 e. The largest absolute Gasteiger partial charge is 0.463 e. The highest BCUT2D eigenvalue weighted by atomic mass is 32.2. The Morgan fingerprint density at radius 2 is 2.00 bits per heavy atom. The van der Waals surface area contributed by atoms with Crippen LogP contribution in [-0.2, 0) is 10.0 Å². The van der Waals surface area contributed by atoms with E-state index in [1.165, 1.54) is 31.2 Å². The number of carbonyl (C=O) groups excluding carboxylic acids is 1. The van der Waals surface area contributed by atoms with Gasteiger partial charge in [0.05, 0.1) is 11.5 Å². The topological polar surface area (TPSA) is 114 Å². The van der Waals surface area contributed by atoms with E-state index < -0.39 is 10.0 Å². The van der Waals surface area contributed by atoms with Gasteiger partial charge in [-0.2, -0.15) is 4.98 Å². The summed E-state index contributed by atoms with van der Waals surface area (Å²) in [6.07, 6.45) is 0. The normalized spacial score (nSPS) is 11.1. The van der Waals surface area contributed by atoms with Crippen LogP contribution in [0.4, 0.5) is 5.95 Å². The number of Topliss-reactive ketones (excluding diaryl/α,β-unsaturated/α-hetero) is 1. The van der Waals surface area contributed by atoms with Gasteiger partial charge < -0.3 is 4.74 Å². The average Bonchev–Trinajstić information content (AvgIpc) is 2.86. The van der Waals surface area contributed by atoms with Crippen molar-refractivity contribution in [1.82, 2.24) is 15.2 Å². The van der Waals surface area contributed by atoms with Crippen LogP contribution in [-0.4, -0.2) is 36.0 Å². The molecule has 0 aliphatic heterocycles. The Bertz CT molecular complexity index is 737. The molecule has 0 saturated heterocycles. The molecule has 8 nitrogen and oxygen atoms in total. The number of rotatable bonds is 6. The van der Waals surface area contributed by atoms with Gasteiger partial charge in [-0.25, -0.2) is 18.2 Å². The van der Waals surface area contributed by atoms with Gasteiger partial charge in [0, 0.05) is 5.56 Å². The second-order valence-corrected chi connectivity index (χ2v) is 5.77. The smallest absolute Gasteiger partial charge is 0.337 e. The van der Waals surface area contributed by atoms with E-state index in [1.807, 2.05) is 0 Å². The lowest BCUT2D eigenvalue weighted by Crippen LogP contribution is -2.14. The molecule has 1 aromatic carbocycles. The van der Waals surface area contributed by atoms with Gasteiger partial charge in [-0.1, -0.05) is 12.1 Å². The fourth-order valence-electron chi connectivity index (χ4n) is 1.54. The summed E-state index contributed by atoms with van der Waals surface area (Å²) in [6.45, 7) is 3.54. The molecule has 0 radical (unpaired) electrons. The Hall–Kier alpha value is -2.42. The zero-order chi connectivity index (χ0) is 15.5. The Labute approximate surface area is 121 Å². The summed E-state index contributed by atoms with van der Waals surface area (Å²) in [5.41, 5.74) is 0.437. The number of nitrogens with one attached hydrogen (secondary N) is 2. The average molecular weight is 310 g/mol. The van der Waals surface area contributed by atoms with Gasteiger partial charge in [0.15, 0.2) is 5.78 Å². The molecule has 9 heteroatoms. The molecule has 1 aromatic heterocycles. The molecule has 0 atom stereocenters. The van der Waals surface area contributed by atoms with Crippen LogP contribution in [0.1, 0.15) is 24.2 Å². The highest BCUT2D eigenvalue weighted by Crippen LogP contribution is 2.15. The van der Waals surface area contributed by atoms with Crippen LogP contribution >= 0.6 is 0 Å². The summed E-state index contributed by atoms with van der Waals surface area (Å²) >= 11 is 0. The van der Waals surface area contributed by atoms with E-state index in [-0.39, 0.29) is 22.6 Å². The first-order valence-electron chi connectivity index (χ1n) is 6.11. The molecule has 2 rings (SSSR count). The molecule has 2 aromatic rings. The first kappa shape index (κ1) is 15.0. The number of benzene rings is 1. The van der Waals surface area contributed by atoms with Gasteiger partial charge in [0.1, 0.15) is 0 Å². The van der Waals surface area contributed by atoms with E-state index in [0.29, 0.717) is 12.2 Å². The van der Waals surface area contributed by atoms with Crippen molar-refractivity contribution in [2.24, 2.45) is 0 Å². The van der Waals surface area contributed by atoms with Crippen molar-refractivity contribution in [3.05, 3.63) is 29.8 Å². The number of hydrogen-bond donors (Lipinski definition) is 2. The number of sulfonamides is 1. The zero-order valence-corrected chi connectivity index (χ0v) is 12.3. The second kappa shape index (κ2) is 5.92. The highest BCUT2D eigenvalue weighted by Gasteiger charge is 2.17. The SMILES string of the molecule is CCOc1n[nH]c(NS(=O)(=O)c2ccc(C(C)=O)cc2)n1. The monoisotopic (exact) mass is 310 g/mol. The molecule has 0 fully saturated rings. The molecular weight excluding hydrogens is 296 g/mol. The second-order valence-electron chi connectivity index (χ2n) is 4.09. The molecule has 0 unspecified atom stereocenters. The lowest BCUT2D eigenvalue weighted by Gasteiger charge is -2.05. The lowest BCUT2D eigenvalue weighted by atomic mass is 10.2. The van der Waals surface area contributed by atoms with Gasteiger partial charge >= 0.3 is 6.01 Å². The van der Waals surface area contributed by atoms with Gasteiger partial charge in [-0.15, -0.1) is 5.10 Å². The van der Waals surface area contributed by atoms with Crippen LogP contribution in [0.2, 0.25) is 0 Å². The summed E-state index contributed by atoms with van der Waals surface area (Å²) in [4.78, 5) is 15.0. The minimum Gasteiger partial charge on any atom is -0.463 e. The molecule has 0 aliphatic carbocycles. The number of aromatic amines is 1. The molecule has 0 amide bonds. The minimum absolute atomic E-state index is 0.0156. The Morgan fingerprint density at radius 1 is 1.33 bits per heavy atom. The predicted molar refractivity (Wildman–Crippen MR) is 74.8 cm³/mol. The van der Waals surface area contributed by atoms with Crippen LogP contribution in [0.15, 0.2) is 29.2 Å². The zero-order valence-electron chi connectivity index (χ0n) is 11.5. The van der Waals surface area contributed by atoms with Crippen molar-refractivity contribution in [1.29, 1.82) is 0 Å². The number of anilines is 1. The number of carbonyl (C=O) groups is 1. The molecule has 1 heterocycles. The van der Waals surface area contributed by atoms with Crippen LogP contribution in [0.5, 0.6) is 6.01 Å². The maximum absolute atomic E-state index is 12.1. The number of nitrogens with zero attached hydrogens (tertiary/aromatic N) is 2. The van der Waals surface area contributed by atoms with Gasteiger partial charge in [0.2, 0.25) is 5.95 Å². The quantitative estimate of drug-likeness (QED) is 0.775. The summed E-state index contributed by atoms with van der Waals surface area (Å²) in [6, 6.07) is 5.64. The highest BCUT2D eigenvalue weighted by molar-refractivity contribution is 7.92.